The molecule has 4 heteroatoms. The van der Waals surface area contributed by atoms with E-state index in [1.54, 1.807) is 18.2 Å². The van der Waals surface area contributed by atoms with E-state index in [-0.39, 0.29) is 0 Å². The summed E-state index contributed by atoms with van der Waals surface area (Å²) in [6, 6.07) is 10.8. The summed E-state index contributed by atoms with van der Waals surface area (Å²) in [5.41, 5.74) is 0.376. The topological polar surface area (TPSA) is 63.6 Å². The third kappa shape index (κ3) is 2.18. The first kappa shape index (κ1) is 12.1. The molecule has 0 radical (unpaired) electrons. The average molecular weight is 244 g/mol. The summed E-state index contributed by atoms with van der Waals surface area (Å²) in [5.74, 6) is -0.779. The Bertz CT molecular complexity index is 604. The average Bonchev–Trinajstić information content (AvgIpc) is 2.38. The molecule has 0 fully saturated rings. The fraction of sp³-hybridized carbons (Fsp3) is 0.143. The van der Waals surface area contributed by atoms with Gasteiger partial charge in [0.05, 0.1) is 5.56 Å². The molecule has 2 aromatic rings. The highest BCUT2D eigenvalue weighted by Gasteiger charge is 2.15. The second-order valence-corrected chi connectivity index (χ2v) is 3.91. The summed E-state index contributed by atoms with van der Waals surface area (Å²) >= 11 is 0. The monoisotopic (exact) mass is 244 g/mol. The van der Waals surface area contributed by atoms with Crippen molar-refractivity contribution in [3.05, 3.63) is 42.0 Å². The largest absolute Gasteiger partial charge is 0.479 e. The molecule has 0 aliphatic carbocycles. The molecule has 1 atom stereocenters. The standard InChI is InChI=1S/C14H12O4/c1-9(14(16)17)18-13-7-6-10-4-2-3-5-11(10)12(13)8-15/h2-9H,1H3,(H,16,17)/t9-/m1/s1. The highest BCUT2D eigenvalue weighted by Crippen LogP contribution is 2.27. The molecule has 0 saturated carbocycles. The summed E-state index contributed by atoms with van der Waals surface area (Å²) < 4.78 is 5.28. The normalized spacial score (nSPS) is 12.1. The van der Waals surface area contributed by atoms with Gasteiger partial charge in [0.2, 0.25) is 0 Å². The molecule has 2 rings (SSSR count). The quantitative estimate of drug-likeness (QED) is 0.839. The van der Waals surface area contributed by atoms with E-state index in [1.165, 1.54) is 6.92 Å². The van der Waals surface area contributed by atoms with Crippen molar-refractivity contribution in [3.8, 4) is 5.75 Å². The number of carbonyl (C=O) groups excluding carboxylic acids is 1. The number of carbonyl (C=O) groups is 2. The Kier molecular flexibility index (Phi) is 3.28. The smallest absolute Gasteiger partial charge is 0.344 e. The molecule has 0 amide bonds. The Hall–Kier alpha value is -2.36. The second-order valence-electron chi connectivity index (χ2n) is 3.91. The third-order valence-corrected chi connectivity index (χ3v) is 2.70. The summed E-state index contributed by atoms with van der Waals surface area (Å²) in [5, 5.41) is 10.5. The number of aliphatic carboxylic acids is 1. The maximum absolute atomic E-state index is 11.2. The molecule has 0 aromatic heterocycles. The van der Waals surface area contributed by atoms with Crippen LogP contribution in [-0.4, -0.2) is 23.5 Å². The van der Waals surface area contributed by atoms with Gasteiger partial charge in [0.15, 0.2) is 12.4 Å². The van der Waals surface area contributed by atoms with Crippen LogP contribution in [0.25, 0.3) is 10.8 Å². The number of benzene rings is 2. The van der Waals surface area contributed by atoms with E-state index in [2.05, 4.69) is 0 Å². The maximum atomic E-state index is 11.2. The Morgan fingerprint density at radius 3 is 2.67 bits per heavy atom. The minimum Gasteiger partial charge on any atom is -0.479 e. The van der Waals surface area contributed by atoms with Crippen LogP contribution in [-0.2, 0) is 4.79 Å². The molecule has 0 bridgehead atoms. The van der Waals surface area contributed by atoms with Crippen molar-refractivity contribution in [2.75, 3.05) is 0 Å². The van der Waals surface area contributed by atoms with Crippen molar-refractivity contribution < 1.29 is 19.4 Å². The van der Waals surface area contributed by atoms with Gasteiger partial charge >= 0.3 is 5.97 Å². The lowest BCUT2D eigenvalue weighted by Gasteiger charge is -2.13. The number of hydrogen-bond donors (Lipinski definition) is 1. The van der Waals surface area contributed by atoms with Crippen LogP contribution in [0, 0.1) is 0 Å². The van der Waals surface area contributed by atoms with E-state index in [9.17, 15) is 9.59 Å². The van der Waals surface area contributed by atoms with Gasteiger partial charge in [-0.3, -0.25) is 4.79 Å². The lowest BCUT2D eigenvalue weighted by atomic mass is 10.0. The fourth-order valence-electron chi connectivity index (χ4n) is 1.74. The minimum absolute atomic E-state index is 0.290. The molecule has 92 valence electrons. The second kappa shape index (κ2) is 4.87. The molecule has 18 heavy (non-hydrogen) atoms. The van der Waals surface area contributed by atoms with Crippen molar-refractivity contribution in [3.63, 3.8) is 0 Å². The van der Waals surface area contributed by atoms with Gasteiger partial charge < -0.3 is 9.84 Å². The van der Waals surface area contributed by atoms with Crippen molar-refractivity contribution in [1.82, 2.24) is 0 Å². The fourth-order valence-corrected chi connectivity index (χ4v) is 1.74. The molecule has 0 aliphatic rings. The number of aldehydes is 1. The van der Waals surface area contributed by atoms with Crippen LogP contribution >= 0.6 is 0 Å². The van der Waals surface area contributed by atoms with Crippen LogP contribution in [0.1, 0.15) is 17.3 Å². The first-order chi connectivity index (χ1) is 8.63. The zero-order valence-corrected chi connectivity index (χ0v) is 9.79. The van der Waals surface area contributed by atoms with Crippen molar-refractivity contribution in [2.45, 2.75) is 13.0 Å². The van der Waals surface area contributed by atoms with Crippen LogP contribution in [0.3, 0.4) is 0 Å². The number of carboxylic acid groups (broad SMARTS) is 1. The first-order valence-electron chi connectivity index (χ1n) is 5.50. The molecule has 0 heterocycles. The van der Waals surface area contributed by atoms with Crippen LogP contribution in [0.4, 0.5) is 0 Å². The number of carboxylic acids is 1. The minimum atomic E-state index is -1.07. The van der Waals surface area contributed by atoms with Gasteiger partial charge in [0.25, 0.3) is 0 Å². The number of rotatable bonds is 4. The summed E-state index contributed by atoms with van der Waals surface area (Å²) in [7, 11) is 0. The van der Waals surface area contributed by atoms with Gasteiger partial charge in [-0.15, -0.1) is 0 Å². The molecular formula is C14H12O4. The van der Waals surface area contributed by atoms with E-state index >= 15 is 0 Å². The van der Waals surface area contributed by atoms with Gasteiger partial charge in [-0.25, -0.2) is 4.79 Å². The molecular weight excluding hydrogens is 232 g/mol. The Morgan fingerprint density at radius 2 is 2.00 bits per heavy atom. The van der Waals surface area contributed by atoms with Gasteiger partial charge in [0.1, 0.15) is 5.75 Å². The highest BCUT2D eigenvalue weighted by molar-refractivity contribution is 6.00. The number of ether oxygens (including phenoxy) is 1. The maximum Gasteiger partial charge on any atom is 0.344 e. The highest BCUT2D eigenvalue weighted by atomic mass is 16.5. The third-order valence-electron chi connectivity index (χ3n) is 2.70. The van der Waals surface area contributed by atoms with E-state index in [0.717, 1.165) is 10.8 Å². The summed E-state index contributed by atoms with van der Waals surface area (Å²) in [4.78, 5) is 21.9. The predicted molar refractivity (Wildman–Crippen MR) is 67.1 cm³/mol. The first-order valence-corrected chi connectivity index (χ1v) is 5.50. The summed E-state index contributed by atoms with van der Waals surface area (Å²) in [6.45, 7) is 1.42. The van der Waals surface area contributed by atoms with Crippen LogP contribution in [0.2, 0.25) is 0 Å². The van der Waals surface area contributed by atoms with E-state index in [0.29, 0.717) is 17.6 Å². The van der Waals surface area contributed by atoms with E-state index < -0.39 is 12.1 Å². The number of fused-ring (bicyclic) bond motifs is 1. The Labute approximate surface area is 104 Å². The van der Waals surface area contributed by atoms with E-state index in [1.807, 2.05) is 18.2 Å². The summed E-state index contributed by atoms with van der Waals surface area (Å²) in [6.07, 6.45) is -0.309. The molecule has 0 aliphatic heterocycles. The molecule has 0 unspecified atom stereocenters. The van der Waals surface area contributed by atoms with Gasteiger partial charge in [0, 0.05) is 0 Å². The SMILES string of the molecule is C[C@@H](Oc1ccc2ccccc2c1C=O)C(=O)O. The molecule has 1 N–H and O–H groups in total. The predicted octanol–water partition coefficient (Wildman–Crippen LogP) is 2.50. The van der Waals surface area contributed by atoms with Crippen LogP contribution in [0.5, 0.6) is 5.75 Å². The molecule has 2 aromatic carbocycles. The molecule has 0 spiro atoms. The Balaban J connectivity index is 2.51. The van der Waals surface area contributed by atoms with E-state index in [4.69, 9.17) is 9.84 Å². The van der Waals surface area contributed by atoms with Crippen molar-refractivity contribution >= 4 is 23.0 Å². The lowest BCUT2D eigenvalue weighted by Crippen LogP contribution is -2.23. The van der Waals surface area contributed by atoms with Crippen molar-refractivity contribution in [2.24, 2.45) is 0 Å². The number of hydrogen-bond acceptors (Lipinski definition) is 3. The Morgan fingerprint density at radius 1 is 1.28 bits per heavy atom. The zero-order valence-electron chi connectivity index (χ0n) is 9.79. The zero-order chi connectivity index (χ0) is 13.1. The van der Waals surface area contributed by atoms with Gasteiger partial charge in [-0.2, -0.15) is 0 Å². The van der Waals surface area contributed by atoms with Crippen LogP contribution in [0.15, 0.2) is 36.4 Å². The lowest BCUT2D eigenvalue weighted by molar-refractivity contribution is -0.144. The van der Waals surface area contributed by atoms with Crippen molar-refractivity contribution in [1.29, 1.82) is 0 Å². The molecule has 4 nitrogen and oxygen atoms in total. The molecule has 0 saturated heterocycles. The van der Waals surface area contributed by atoms with Crippen LogP contribution < -0.4 is 4.74 Å². The van der Waals surface area contributed by atoms with Gasteiger partial charge in [-0.1, -0.05) is 30.3 Å². The van der Waals surface area contributed by atoms with Gasteiger partial charge in [-0.05, 0) is 23.8 Å².